The van der Waals surface area contributed by atoms with Gasteiger partial charge in [0.1, 0.15) is 16.4 Å². The SMILES string of the molecule is CNC(=O)/C(=N\N(C=O)c1cc(Cl)c(Oc2ccc(OC)c(S(=O)(=O)NCCC3(C#N)CC3)c2)c(Cl)c1)C(F)F. The van der Waals surface area contributed by atoms with E-state index in [1.54, 1.807) is 0 Å². The lowest BCUT2D eigenvalue weighted by Crippen LogP contribution is -2.35. The summed E-state index contributed by atoms with van der Waals surface area (Å²) in [5.41, 5.74) is -1.87. The molecule has 214 valence electrons. The van der Waals surface area contributed by atoms with Gasteiger partial charge in [-0.15, -0.1) is 0 Å². The van der Waals surface area contributed by atoms with Gasteiger partial charge in [0.2, 0.25) is 16.4 Å². The predicted octanol–water partition coefficient (Wildman–Crippen LogP) is 4.10. The fourth-order valence-electron chi connectivity index (χ4n) is 3.47. The van der Waals surface area contributed by atoms with Crippen molar-refractivity contribution in [1.82, 2.24) is 10.0 Å². The Morgan fingerprint density at radius 3 is 2.42 bits per heavy atom. The van der Waals surface area contributed by atoms with Crippen LogP contribution < -0.4 is 24.5 Å². The summed E-state index contributed by atoms with van der Waals surface area (Å²) in [5.74, 6) is -1.32. The quantitative estimate of drug-likeness (QED) is 0.195. The van der Waals surface area contributed by atoms with E-state index in [1.807, 2.05) is 5.32 Å². The summed E-state index contributed by atoms with van der Waals surface area (Å²) in [6, 6.07) is 8.38. The Kier molecular flexibility index (Phi) is 9.91. The van der Waals surface area contributed by atoms with Crippen LogP contribution in [0.25, 0.3) is 0 Å². The molecule has 0 bridgehead atoms. The van der Waals surface area contributed by atoms with E-state index in [4.69, 9.17) is 32.7 Å². The highest BCUT2D eigenvalue weighted by Crippen LogP contribution is 2.47. The summed E-state index contributed by atoms with van der Waals surface area (Å²) in [7, 11) is -1.66. The van der Waals surface area contributed by atoms with Gasteiger partial charge < -0.3 is 14.8 Å². The molecule has 11 nitrogen and oxygen atoms in total. The minimum absolute atomic E-state index is 0.00159. The maximum Gasteiger partial charge on any atom is 0.287 e. The molecule has 2 aromatic rings. The zero-order valence-corrected chi connectivity index (χ0v) is 23.4. The van der Waals surface area contributed by atoms with Crippen LogP contribution in [0.4, 0.5) is 14.5 Å². The third kappa shape index (κ3) is 7.16. The number of ether oxygens (including phenoxy) is 2. The lowest BCUT2D eigenvalue weighted by molar-refractivity contribution is -0.114. The van der Waals surface area contributed by atoms with E-state index in [0.717, 1.165) is 32.0 Å². The number of halogens is 4. The van der Waals surface area contributed by atoms with Gasteiger partial charge in [0.15, 0.2) is 11.5 Å². The molecule has 2 aromatic carbocycles. The van der Waals surface area contributed by atoms with Gasteiger partial charge in [0.25, 0.3) is 12.3 Å². The summed E-state index contributed by atoms with van der Waals surface area (Å²) in [5, 5.41) is 14.7. The molecular weight excluding hydrogens is 595 g/mol. The van der Waals surface area contributed by atoms with Crippen molar-refractivity contribution < 1.29 is 36.3 Å². The number of benzene rings is 2. The molecule has 40 heavy (non-hydrogen) atoms. The van der Waals surface area contributed by atoms with Crippen LogP contribution in [0.1, 0.15) is 19.3 Å². The molecule has 1 saturated carbocycles. The van der Waals surface area contributed by atoms with Gasteiger partial charge >= 0.3 is 0 Å². The van der Waals surface area contributed by atoms with Crippen LogP contribution in [-0.2, 0) is 19.6 Å². The minimum atomic E-state index is -4.07. The average Bonchev–Trinajstić information content (AvgIpc) is 3.70. The second-order valence-corrected chi connectivity index (χ2v) is 11.1. The topological polar surface area (TPSA) is 150 Å². The predicted molar refractivity (Wildman–Crippen MR) is 143 cm³/mol. The van der Waals surface area contributed by atoms with Crippen LogP contribution in [0.5, 0.6) is 17.2 Å². The molecule has 0 aliphatic heterocycles. The van der Waals surface area contributed by atoms with Crippen LogP contribution in [0, 0.1) is 16.7 Å². The molecule has 0 heterocycles. The number of carbonyl (C=O) groups excluding carboxylic acids is 2. The smallest absolute Gasteiger partial charge is 0.287 e. The number of amides is 2. The van der Waals surface area contributed by atoms with E-state index in [2.05, 4.69) is 15.9 Å². The summed E-state index contributed by atoms with van der Waals surface area (Å²) in [4.78, 5) is 23.0. The normalized spacial score (nSPS) is 14.3. The third-order valence-electron chi connectivity index (χ3n) is 5.86. The number of hydrogen-bond donors (Lipinski definition) is 2. The molecule has 0 aromatic heterocycles. The van der Waals surface area contributed by atoms with Gasteiger partial charge in [-0.3, -0.25) is 9.59 Å². The second-order valence-electron chi connectivity index (χ2n) is 8.51. The Bertz CT molecular complexity index is 1460. The van der Waals surface area contributed by atoms with Gasteiger partial charge in [-0.25, -0.2) is 26.9 Å². The number of anilines is 1. The maximum absolute atomic E-state index is 13.2. The van der Waals surface area contributed by atoms with Crippen LogP contribution in [0.15, 0.2) is 40.3 Å². The van der Waals surface area contributed by atoms with Gasteiger partial charge in [0, 0.05) is 19.7 Å². The van der Waals surface area contributed by atoms with Crippen molar-refractivity contribution in [1.29, 1.82) is 5.26 Å². The molecule has 3 rings (SSSR count). The summed E-state index contributed by atoms with van der Waals surface area (Å²) in [6.45, 7) is 0.0478. The van der Waals surface area contributed by atoms with Gasteiger partial charge in [-0.05, 0) is 43.5 Å². The van der Waals surface area contributed by atoms with Crippen molar-refractivity contribution >= 4 is 56.9 Å². The molecule has 1 fully saturated rings. The third-order valence-corrected chi connectivity index (χ3v) is 7.90. The van der Waals surface area contributed by atoms with E-state index in [1.165, 1.54) is 25.3 Å². The molecule has 1 aliphatic rings. The monoisotopic (exact) mass is 617 g/mol. The van der Waals surface area contributed by atoms with Crippen molar-refractivity contribution in [2.24, 2.45) is 10.5 Å². The van der Waals surface area contributed by atoms with Crippen LogP contribution in [0.3, 0.4) is 0 Å². The number of sulfonamides is 1. The van der Waals surface area contributed by atoms with Gasteiger partial charge in [-0.1, -0.05) is 23.2 Å². The first-order valence-electron chi connectivity index (χ1n) is 11.5. The Morgan fingerprint density at radius 2 is 1.93 bits per heavy atom. The van der Waals surface area contributed by atoms with Crippen molar-refractivity contribution in [2.45, 2.75) is 30.6 Å². The van der Waals surface area contributed by atoms with E-state index in [-0.39, 0.29) is 50.8 Å². The Hall–Kier alpha value is -3.51. The highest BCUT2D eigenvalue weighted by Gasteiger charge is 2.42. The van der Waals surface area contributed by atoms with Crippen molar-refractivity contribution in [2.75, 3.05) is 25.7 Å². The number of nitrogens with one attached hydrogen (secondary N) is 2. The highest BCUT2D eigenvalue weighted by atomic mass is 35.5. The zero-order valence-electron chi connectivity index (χ0n) is 21.1. The molecule has 1 aliphatic carbocycles. The first-order valence-corrected chi connectivity index (χ1v) is 13.7. The molecule has 0 saturated heterocycles. The van der Waals surface area contributed by atoms with Crippen LogP contribution in [0.2, 0.25) is 10.0 Å². The molecule has 0 spiro atoms. The number of carbonyl (C=O) groups is 2. The highest BCUT2D eigenvalue weighted by molar-refractivity contribution is 7.89. The molecule has 0 atom stereocenters. The number of methoxy groups -OCH3 is 1. The average molecular weight is 618 g/mol. The number of nitrogens with zero attached hydrogens (tertiary/aromatic N) is 3. The first-order chi connectivity index (χ1) is 18.9. The maximum atomic E-state index is 13.2. The molecule has 0 unspecified atom stereocenters. The zero-order chi connectivity index (χ0) is 29.7. The van der Waals surface area contributed by atoms with Gasteiger partial charge in [0.05, 0.1) is 34.3 Å². The van der Waals surface area contributed by atoms with Gasteiger partial charge in [-0.2, -0.15) is 10.4 Å². The van der Waals surface area contributed by atoms with Crippen LogP contribution in [-0.4, -0.2) is 53.6 Å². The molecule has 16 heteroatoms. The lowest BCUT2D eigenvalue weighted by atomic mass is 10.1. The largest absolute Gasteiger partial charge is 0.495 e. The minimum Gasteiger partial charge on any atom is -0.495 e. The number of rotatable bonds is 13. The van der Waals surface area contributed by atoms with E-state index in [9.17, 15) is 32.0 Å². The fourth-order valence-corrected chi connectivity index (χ4v) is 5.24. The summed E-state index contributed by atoms with van der Waals surface area (Å²) in [6.07, 6.45) is -1.41. The van der Waals surface area contributed by atoms with Crippen molar-refractivity contribution in [3.05, 3.63) is 40.4 Å². The Morgan fingerprint density at radius 1 is 1.27 bits per heavy atom. The summed E-state index contributed by atoms with van der Waals surface area (Å²) < 4.78 is 65.8. The van der Waals surface area contributed by atoms with E-state index < -0.39 is 33.5 Å². The molecule has 2 amide bonds. The molecule has 2 N–H and O–H groups in total. The van der Waals surface area contributed by atoms with E-state index in [0.29, 0.717) is 11.4 Å². The van der Waals surface area contributed by atoms with Crippen LogP contribution >= 0.6 is 23.2 Å². The Labute approximate surface area is 238 Å². The molecular formula is C24H23Cl2F2N5O6S. The number of hydrogen-bond acceptors (Lipinski definition) is 8. The second kappa shape index (κ2) is 12.8. The van der Waals surface area contributed by atoms with Crippen molar-refractivity contribution in [3.8, 4) is 23.3 Å². The number of nitriles is 1. The lowest BCUT2D eigenvalue weighted by Gasteiger charge is -2.17. The number of alkyl halides is 2. The first kappa shape index (κ1) is 31.0. The molecule has 0 radical (unpaired) electrons. The van der Waals surface area contributed by atoms with E-state index >= 15 is 0 Å². The van der Waals surface area contributed by atoms with Crippen molar-refractivity contribution in [3.63, 3.8) is 0 Å². The fraction of sp³-hybridized carbons (Fsp3) is 0.333. The number of hydrazone groups is 1. The standard InChI is InChI=1S/C24H23Cl2F2N5O6S/c1-30-23(35)20(22(27)28)32-33(13-34)14-9-16(25)21(17(26)10-14)39-15-3-4-18(38-2)19(11-15)40(36,37)31-8-7-24(12-29)5-6-24/h3-4,9-11,13,22,31H,5-8H2,1-2H3,(H,30,35)/b32-20-. The summed E-state index contributed by atoms with van der Waals surface area (Å²) >= 11 is 12.6. The Balaban J connectivity index is 1.88.